The molecule has 0 aromatic heterocycles. The smallest absolute Gasteiger partial charge is 0.305 e. The third-order valence-electron chi connectivity index (χ3n) is 17.2. The van der Waals surface area contributed by atoms with Crippen molar-refractivity contribution in [2.75, 3.05) is 13.2 Å². The molecule has 0 aliphatic carbocycles. The highest BCUT2D eigenvalue weighted by Crippen LogP contribution is 2.19. The molecule has 1 amide bonds. The molecule has 0 saturated heterocycles. The molecule has 0 heterocycles. The second kappa shape index (κ2) is 69.8. The van der Waals surface area contributed by atoms with Gasteiger partial charge in [0.2, 0.25) is 5.91 Å². The summed E-state index contributed by atoms with van der Waals surface area (Å²) in [7, 11) is 0. The summed E-state index contributed by atoms with van der Waals surface area (Å²) in [6, 6.07) is -0.548. The number of esters is 1. The molecule has 0 aromatic rings. The zero-order valence-electron chi connectivity index (χ0n) is 54.3. The average molecular weight is 1130 g/mol. The predicted molar refractivity (Wildman–Crippen MR) is 352 cm³/mol. The van der Waals surface area contributed by atoms with Crippen molar-refractivity contribution in [1.82, 2.24) is 5.32 Å². The Kier molecular flexibility index (Phi) is 68.4. The molecule has 6 heteroatoms. The molecule has 0 aliphatic rings. The quantitative estimate of drug-likeness (QED) is 0.0320. The number of allylic oxidation sites excluding steroid dienone is 4. The topological polar surface area (TPSA) is 95.9 Å². The number of hydrogen-bond donors (Lipinski definition) is 3. The molecule has 0 radical (unpaired) electrons. The number of hydrogen-bond acceptors (Lipinski definition) is 5. The van der Waals surface area contributed by atoms with Crippen LogP contribution in [0.5, 0.6) is 0 Å². The van der Waals surface area contributed by atoms with Gasteiger partial charge < -0.3 is 20.3 Å². The fourth-order valence-corrected chi connectivity index (χ4v) is 11.6. The lowest BCUT2D eigenvalue weighted by Crippen LogP contribution is -2.45. The third-order valence-corrected chi connectivity index (χ3v) is 17.2. The van der Waals surface area contributed by atoms with Crippen molar-refractivity contribution in [1.29, 1.82) is 0 Å². The van der Waals surface area contributed by atoms with E-state index in [1.807, 2.05) is 0 Å². The number of aliphatic hydroxyl groups is 2. The Morgan fingerprint density at radius 3 is 0.887 bits per heavy atom. The van der Waals surface area contributed by atoms with E-state index in [2.05, 4.69) is 43.5 Å². The van der Waals surface area contributed by atoms with E-state index >= 15 is 0 Å². The molecule has 0 rings (SSSR count). The Hall–Kier alpha value is -1.66. The summed E-state index contributed by atoms with van der Waals surface area (Å²) in [6.45, 7) is 4.98. The maximum atomic E-state index is 12.6. The van der Waals surface area contributed by atoms with Gasteiger partial charge in [-0.3, -0.25) is 9.59 Å². The lowest BCUT2D eigenvalue weighted by atomic mass is 10.0. The Balaban J connectivity index is 3.41. The fraction of sp³-hybridized carbons (Fsp3) is 0.919. The SMILES string of the molecule is CCCCCCCC/C=C\CCCCCCCCCC(=O)OCCCCCCCCCCCCC/C=C\CCCCCCCCCC(=O)NC(CO)C(O)CCCCCCCCCCCCCCCCCCCCCCCCCC. The molecule has 474 valence electrons. The van der Waals surface area contributed by atoms with Crippen LogP contribution in [0.4, 0.5) is 0 Å². The first-order valence-corrected chi connectivity index (χ1v) is 36.6. The van der Waals surface area contributed by atoms with E-state index in [4.69, 9.17) is 4.74 Å². The van der Waals surface area contributed by atoms with Crippen molar-refractivity contribution in [3.63, 3.8) is 0 Å². The average Bonchev–Trinajstić information content (AvgIpc) is 3.46. The van der Waals surface area contributed by atoms with Gasteiger partial charge in [-0.1, -0.05) is 346 Å². The number of carbonyl (C=O) groups is 2. The highest BCUT2D eigenvalue weighted by Gasteiger charge is 2.20. The first-order valence-electron chi connectivity index (χ1n) is 36.6. The highest BCUT2D eigenvalue weighted by atomic mass is 16.5. The summed E-state index contributed by atoms with van der Waals surface area (Å²) in [5.74, 6) is -0.0294. The van der Waals surface area contributed by atoms with Crippen LogP contribution in [-0.2, 0) is 14.3 Å². The maximum absolute atomic E-state index is 12.6. The van der Waals surface area contributed by atoms with Crippen LogP contribution < -0.4 is 5.32 Å². The van der Waals surface area contributed by atoms with Crippen molar-refractivity contribution < 1.29 is 24.5 Å². The lowest BCUT2D eigenvalue weighted by molar-refractivity contribution is -0.143. The number of carbonyl (C=O) groups excluding carboxylic acids is 2. The van der Waals surface area contributed by atoms with Crippen LogP contribution in [0.2, 0.25) is 0 Å². The van der Waals surface area contributed by atoms with Gasteiger partial charge >= 0.3 is 5.97 Å². The molecule has 3 N–H and O–H groups in total. The molecular formula is C74H143NO5. The van der Waals surface area contributed by atoms with Crippen molar-refractivity contribution in [2.45, 2.75) is 424 Å². The van der Waals surface area contributed by atoms with Crippen LogP contribution in [0, 0.1) is 0 Å². The monoisotopic (exact) mass is 1130 g/mol. The van der Waals surface area contributed by atoms with Gasteiger partial charge in [-0.05, 0) is 77.0 Å². The Morgan fingerprint density at radius 1 is 0.338 bits per heavy atom. The first kappa shape index (κ1) is 78.3. The Labute approximate surface area is 501 Å². The zero-order valence-corrected chi connectivity index (χ0v) is 54.3. The van der Waals surface area contributed by atoms with Crippen LogP contribution >= 0.6 is 0 Å². The second-order valence-electron chi connectivity index (χ2n) is 25.3. The fourth-order valence-electron chi connectivity index (χ4n) is 11.6. The molecule has 0 aromatic carbocycles. The van der Waals surface area contributed by atoms with Gasteiger partial charge in [0.15, 0.2) is 0 Å². The number of nitrogens with one attached hydrogen (secondary N) is 1. The van der Waals surface area contributed by atoms with Crippen LogP contribution in [0.15, 0.2) is 24.3 Å². The second-order valence-corrected chi connectivity index (χ2v) is 25.3. The minimum Gasteiger partial charge on any atom is -0.466 e. The van der Waals surface area contributed by atoms with Gasteiger partial charge in [0, 0.05) is 12.8 Å². The van der Waals surface area contributed by atoms with Crippen LogP contribution in [0.3, 0.4) is 0 Å². The zero-order chi connectivity index (χ0) is 57.8. The molecule has 2 unspecified atom stereocenters. The first-order chi connectivity index (χ1) is 39.5. The molecule has 0 fully saturated rings. The van der Waals surface area contributed by atoms with Gasteiger partial charge in [0.1, 0.15) is 0 Å². The minimum absolute atomic E-state index is 0.00778. The molecule has 0 bridgehead atoms. The number of rotatable bonds is 69. The van der Waals surface area contributed by atoms with Crippen molar-refractivity contribution in [3.05, 3.63) is 24.3 Å². The van der Waals surface area contributed by atoms with Crippen LogP contribution in [-0.4, -0.2) is 47.4 Å². The van der Waals surface area contributed by atoms with E-state index < -0.39 is 12.1 Å². The Bertz CT molecular complexity index is 1250. The van der Waals surface area contributed by atoms with Gasteiger partial charge in [-0.2, -0.15) is 0 Å². The van der Waals surface area contributed by atoms with E-state index in [0.29, 0.717) is 25.9 Å². The summed E-state index contributed by atoms with van der Waals surface area (Å²) in [5, 5.41) is 23.4. The standard InChI is InChI=1S/C74H143NO5/c1-3-5-7-9-11-13-15-17-19-21-22-23-24-25-28-31-35-38-42-46-50-54-58-62-66-72(77)71(70-76)75-73(78)67-63-59-55-51-47-43-39-36-32-29-26-27-30-33-37-41-45-49-53-57-61-65-69-80-74(79)68-64-60-56-52-48-44-40-34-20-18-16-14-12-10-8-6-4-2/h18,20,29,32,71-72,76-77H,3-17,19,21-28,30-31,33-70H2,1-2H3,(H,75,78)/b20-18-,32-29-. The minimum atomic E-state index is -0.670. The molecule has 2 atom stereocenters. The summed E-state index contributed by atoms with van der Waals surface area (Å²) >= 11 is 0. The molecule has 0 spiro atoms. The van der Waals surface area contributed by atoms with Gasteiger partial charge in [-0.25, -0.2) is 0 Å². The van der Waals surface area contributed by atoms with Gasteiger partial charge in [0.05, 0.1) is 25.4 Å². The van der Waals surface area contributed by atoms with E-state index in [0.717, 1.165) is 44.9 Å². The van der Waals surface area contributed by atoms with E-state index in [1.165, 1.54) is 334 Å². The van der Waals surface area contributed by atoms with Gasteiger partial charge in [-0.15, -0.1) is 0 Å². The summed E-state index contributed by atoms with van der Waals surface area (Å²) in [6.07, 6.45) is 88.0. The third kappa shape index (κ3) is 65.5. The van der Waals surface area contributed by atoms with Crippen LogP contribution in [0.1, 0.15) is 412 Å². The molecule has 6 nitrogen and oxygen atoms in total. The van der Waals surface area contributed by atoms with E-state index in [9.17, 15) is 19.8 Å². The molecular weight excluding hydrogens is 983 g/mol. The number of aliphatic hydroxyl groups excluding tert-OH is 2. The number of amides is 1. The summed E-state index contributed by atoms with van der Waals surface area (Å²) in [4.78, 5) is 24.7. The van der Waals surface area contributed by atoms with Crippen molar-refractivity contribution >= 4 is 11.9 Å². The molecule has 0 aliphatic heterocycles. The molecule has 0 saturated carbocycles. The summed E-state index contributed by atoms with van der Waals surface area (Å²) < 4.78 is 5.50. The van der Waals surface area contributed by atoms with Crippen molar-refractivity contribution in [3.8, 4) is 0 Å². The normalized spacial score (nSPS) is 12.6. The number of ether oxygens (including phenoxy) is 1. The molecule has 80 heavy (non-hydrogen) atoms. The Morgan fingerprint density at radius 2 is 0.588 bits per heavy atom. The number of unbranched alkanes of at least 4 members (excludes halogenated alkanes) is 54. The predicted octanol–water partition coefficient (Wildman–Crippen LogP) is 23.7. The van der Waals surface area contributed by atoms with E-state index in [1.54, 1.807) is 0 Å². The lowest BCUT2D eigenvalue weighted by Gasteiger charge is -2.22. The van der Waals surface area contributed by atoms with Crippen molar-refractivity contribution in [2.24, 2.45) is 0 Å². The maximum Gasteiger partial charge on any atom is 0.305 e. The van der Waals surface area contributed by atoms with Gasteiger partial charge in [0.25, 0.3) is 0 Å². The highest BCUT2D eigenvalue weighted by molar-refractivity contribution is 5.76. The van der Waals surface area contributed by atoms with Crippen LogP contribution in [0.25, 0.3) is 0 Å². The summed E-state index contributed by atoms with van der Waals surface area (Å²) in [5.41, 5.74) is 0. The van der Waals surface area contributed by atoms with E-state index in [-0.39, 0.29) is 18.5 Å². The largest absolute Gasteiger partial charge is 0.466 e.